The highest BCUT2D eigenvalue weighted by Gasteiger charge is 2.12. The zero-order chi connectivity index (χ0) is 16.5. The van der Waals surface area contributed by atoms with Gasteiger partial charge in [0.05, 0.1) is 18.8 Å². The van der Waals surface area contributed by atoms with Crippen LogP contribution in [0.2, 0.25) is 0 Å². The topological polar surface area (TPSA) is 51.5 Å². The van der Waals surface area contributed by atoms with Gasteiger partial charge in [-0.25, -0.2) is 9.50 Å². The summed E-state index contributed by atoms with van der Waals surface area (Å²) in [4.78, 5) is 4.73. The lowest BCUT2D eigenvalue weighted by Gasteiger charge is -2.17. The molecule has 24 heavy (non-hydrogen) atoms. The Bertz CT molecular complexity index is 991. The summed E-state index contributed by atoms with van der Waals surface area (Å²) >= 11 is 0. The van der Waals surface area contributed by atoms with Gasteiger partial charge in [0.15, 0.2) is 5.65 Å². The fourth-order valence-electron chi connectivity index (χ4n) is 2.89. The van der Waals surface area contributed by atoms with Gasteiger partial charge in [0.1, 0.15) is 11.6 Å². The minimum absolute atomic E-state index is 0.122. The van der Waals surface area contributed by atoms with Gasteiger partial charge in [-0.15, -0.1) is 0 Å². The highest BCUT2D eigenvalue weighted by molar-refractivity contribution is 5.91. The van der Waals surface area contributed by atoms with Crippen molar-refractivity contribution in [2.24, 2.45) is 0 Å². The third-order valence-corrected chi connectivity index (χ3v) is 4.21. The van der Waals surface area contributed by atoms with Crippen molar-refractivity contribution in [2.75, 3.05) is 12.4 Å². The fourth-order valence-corrected chi connectivity index (χ4v) is 2.89. The van der Waals surface area contributed by atoms with E-state index in [4.69, 9.17) is 9.72 Å². The maximum Gasteiger partial charge on any atom is 0.158 e. The quantitative estimate of drug-likeness (QED) is 0.616. The van der Waals surface area contributed by atoms with Crippen molar-refractivity contribution < 1.29 is 4.74 Å². The molecule has 0 saturated heterocycles. The summed E-state index contributed by atoms with van der Waals surface area (Å²) in [7, 11) is 1.67. The Hall–Kier alpha value is -3.08. The second-order valence-corrected chi connectivity index (χ2v) is 5.72. The predicted molar refractivity (Wildman–Crippen MR) is 95.5 cm³/mol. The molecule has 5 nitrogen and oxygen atoms in total. The summed E-state index contributed by atoms with van der Waals surface area (Å²) in [5, 5.41) is 8.93. The molecular formula is C19H18N4O. The zero-order valence-corrected chi connectivity index (χ0v) is 13.6. The van der Waals surface area contributed by atoms with Gasteiger partial charge in [0, 0.05) is 17.5 Å². The third-order valence-electron chi connectivity index (χ3n) is 4.21. The largest absolute Gasteiger partial charge is 0.497 e. The number of methoxy groups -OCH3 is 1. The number of hydrogen-bond donors (Lipinski definition) is 1. The molecule has 5 heteroatoms. The number of anilines is 1. The molecule has 0 radical (unpaired) electrons. The minimum Gasteiger partial charge on any atom is -0.497 e. The lowest BCUT2D eigenvalue weighted by Crippen LogP contribution is -2.09. The van der Waals surface area contributed by atoms with E-state index in [9.17, 15) is 0 Å². The molecule has 1 atom stereocenters. The van der Waals surface area contributed by atoms with E-state index in [2.05, 4.69) is 41.6 Å². The van der Waals surface area contributed by atoms with E-state index in [1.54, 1.807) is 13.3 Å². The molecule has 0 bridgehead atoms. The lowest BCUT2D eigenvalue weighted by atomic mass is 10.1. The van der Waals surface area contributed by atoms with Crippen LogP contribution < -0.4 is 10.1 Å². The summed E-state index contributed by atoms with van der Waals surface area (Å²) in [5.41, 5.74) is 3.05. The first-order chi connectivity index (χ1) is 11.8. The van der Waals surface area contributed by atoms with Crippen LogP contribution >= 0.6 is 0 Å². The Morgan fingerprint density at radius 2 is 1.83 bits per heavy atom. The molecule has 0 unspecified atom stereocenters. The maximum absolute atomic E-state index is 5.22. The summed E-state index contributed by atoms with van der Waals surface area (Å²) < 4.78 is 7.08. The fraction of sp³-hybridized carbons (Fsp3) is 0.158. The summed E-state index contributed by atoms with van der Waals surface area (Å²) in [6.45, 7) is 2.12. The number of nitrogens with one attached hydrogen (secondary N) is 1. The monoisotopic (exact) mass is 318 g/mol. The molecule has 2 aromatic carbocycles. The van der Waals surface area contributed by atoms with Gasteiger partial charge < -0.3 is 10.1 Å². The van der Waals surface area contributed by atoms with E-state index in [0.29, 0.717) is 0 Å². The molecule has 4 aromatic rings. The molecule has 0 aliphatic rings. The molecule has 2 aromatic heterocycles. The number of benzene rings is 2. The number of para-hydroxylation sites is 1. The van der Waals surface area contributed by atoms with E-state index < -0.39 is 0 Å². The van der Waals surface area contributed by atoms with Crippen LogP contribution in [0.4, 0.5) is 5.82 Å². The Labute approximate surface area is 139 Å². The number of nitrogens with zero attached hydrogens (tertiary/aromatic N) is 3. The highest BCUT2D eigenvalue weighted by Crippen LogP contribution is 2.27. The van der Waals surface area contributed by atoms with Crippen LogP contribution in [0.5, 0.6) is 5.75 Å². The van der Waals surface area contributed by atoms with Crippen molar-refractivity contribution >= 4 is 22.4 Å². The van der Waals surface area contributed by atoms with Crippen LogP contribution in [0.25, 0.3) is 16.6 Å². The SMILES string of the molecule is COc1ccc([C@@H](C)Nc2nc3ccnn3c3ccccc23)cc1. The van der Waals surface area contributed by atoms with Crippen LogP contribution in [-0.2, 0) is 0 Å². The van der Waals surface area contributed by atoms with Gasteiger partial charge in [-0.1, -0.05) is 24.3 Å². The normalized spacial score (nSPS) is 12.4. The lowest BCUT2D eigenvalue weighted by molar-refractivity contribution is 0.414. The maximum atomic E-state index is 5.22. The molecule has 2 heterocycles. The molecule has 0 saturated carbocycles. The molecule has 0 amide bonds. The van der Waals surface area contributed by atoms with E-state index >= 15 is 0 Å². The minimum atomic E-state index is 0.122. The summed E-state index contributed by atoms with van der Waals surface area (Å²) in [6, 6.07) is 18.3. The van der Waals surface area contributed by atoms with E-state index in [1.807, 2.05) is 34.8 Å². The smallest absolute Gasteiger partial charge is 0.158 e. The standard InChI is InChI=1S/C19H18N4O/c1-13(14-7-9-15(24-2)10-8-14)21-19-16-5-3-4-6-17(16)23-18(22-19)11-12-20-23/h3-13H,1-2H3,(H,21,22)/t13-/m1/s1. The van der Waals surface area contributed by atoms with Gasteiger partial charge >= 0.3 is 0 Å². The second-order valence-electron chi connectivity index (χ2n) is 5.72. The second kappa shape index (κ2) is 5.85. The number of hydrogen-bond acceptors (Lipinski definition) is 4. The Morgan fingerprint density at radius 3 is 2.62 bits per heavy atom. The van der Waals surface area contributed by atoms with Crippen LogP contribution in [-0.4, -0.2) is 21.7 Å². The third kappa shape index (κ3) is 2.44. The van der Waals surface area contributed by atoms with Crippen molar-refractivity contribution in [2.45, 2.75) is 13.0 Å². The van der Waals surface area contributed by atoms with E-state index in [1.165, 1.54) is 5.56 Å². The highest BCUT2D eigenvalue weighted by atomic mass is 16.5. The number of rotatable bonds is 4. The number of ether oxygens (including phenoxy) is 1. The molecular weight excluding hydrogens is 300 g/mol. The van der Waals surface area contributed by atoms with Crippen molar-refractivity contribution in [3.63, 3.8) is 0 Å². The Morgan fingerprint density at radius 1 is 1.04 bits per heavy atom. The van der Waals surface area contributed by atoms with E-state index in [-0.39, 0.29) is 6.04 Å². The van der Waals surface area contributed by atoms with Crippen molar-refractivity contribution in [1.29, 1.82) is 0 Å². The Kier molecular flexibility index (Phi) is 3.54. The van der Waals surface area contributed by atoms with Gasteiger partial charge in [-0.2, -0.15) is 5.10 Å². The molecule has 1 N–H and O–H groups in total. The number of aromatic nitrogens is 3. The molecule has 0 aliphatic carbocycles. The van der Waals surface area contributed by atoms with Crippen molar-refractivity contribution in [3.05, 3.63) is 66.4 Å². The van der Waals surface area contributed by atoms with E-state index in [0.717, 1.165) is 28.1 Å². The average Bonchev–Trinajstić information content (AvgIpc) is 3.10. The van der Waals surface area contributed by atoms with Gasteiger partial charge in [-0.05, 0) is 36.8 Å². The molecule has 0 aliphatic heterocycles. The van der Waals surface area contributed by atoms with Gasteiger partial charge in [0.2, 0.25) is 0 Å². The number of fused-ring (bicyclic) bond motifs is 3. The molecule has 120 valence electrons. The first-order valence-corrected chi connectivity index (χ1v) is 7.89. The average molecular weight is 318 g/mol. The van der Waals surface area contributed by atoms with Gasteiger partial charge in [0.25, 0.3) is 0 Å². The van der Waals surface area contributed by atoms with Crippen LogP contribution in [0.1, 0.15) is 18.5 Å². The Balaban J connectivity index is 1.74. The molecule has 4 rings (SSSR count). The van der Waals surface area contributed by atoms with Gasteiger partial charge in [-0.3, -0.25) is 0 Å². The first kappa shape index (κ1) is 14.5. The zero-order valence-electron chi connectivity index (χ0n) is 13.6. The first-order valence-electron chi connectivity index (χ1n) is 7.89. The molecule has 0 spiro atoms. The molecule has 0 fully saturated rings. The van der Waals surface area contributed by atoms with Crippen LogP contribution in [0, 0.1) is 0 Å². The summed E-state index contributed by atoms with van der Waals surface area (Å²) in [6.07, 6.45) is 1.77. The van der Waals surface area contributed by atoms with Crippen LogP contribution in [0.3, 0.4) is 0 Å². The summed E-state index contributed by atoms with van der Waals surface area (Å²) in [5.74, 6) is 1.72. The van der Waals surface area contributed by atoms with Crippen molar-refractivity contribution in [3.8, 4) is 5.75 Å². The predicted octanol–water partition coefficient (Wildman–Crippen LogP) is 4.06. The van der Waals surface area contributed by atoms with Crippen molar-refractivity contribution in [1.82, 2.24) is 14.6 Å². The van der Waals surface area contributed by atoms with Crippen LogP contribution in [0.15, 0.2) is 60.8 Å².